The van der Waals surface area contributed by atoms with Crippen LogP contribution in [0.1, 0.15) is 31.0 Å². The Labute approximate surface area is 92.6 Å². The Kier molecular flexibility index (Phi) is 4.79. The highest BCUT2D eigenvalue weighted by Crippen LogP contribution is 2.32. The number of methoxy groups -OCH3 is 1. The first-order valence-electron chi connectivity index (χ1n) is 5.64. The van der Waals surface area contributed by atoms with E-state index in [9.17, 15) is 0 Å². The molecule has 0 amide bonds. The quantitative estimate of drug-likeness (QED) is 0.804. The van der Waals surface area contributed by atoms with Gasteiger partial charge >= 0.3 is 0 Å². The monoisotopic (exact) mass is 207 g/mol. The summed E-state index contributed by atoms with van der Waals surface area (Å²) in [4.78, 5) is 0. The molecular weight excluding hydrogens is 186 g/mol. The largest absolute Gasteiger partial charge is 0.379 e. The first-order valence-corrected chi connectivity index (χ1v) is 5.64. The van der Waals surface area contributed by atoms with Gasteiger partial charge in [-0.1, -0.05) is 38.1 Å². The molecule has 1 aromatic rings. The molecule has 0 saturated carbocycles. The van der Waals surface area contributed by atoms with Gasteiger partial charge in [0.05, 0.1) is 12.1 Å². The molecular formula is C13H21NO. The summed E-state index contributed by atoms with van der Waals surface area (Å²) >= 11 is 0. The van der Waals surface area contributed by atoms with Gasteiger partial charge in [0.2, 0.25) is 0 Å². The van der Waals surface area contributed by atoms with Gasteiger partial charge in [0.1, 0.15) is 0 Å². The van der Waals surface area contributed by atoms with Gasteiger partial charge in [0.25, 0.3) is 0 Å². The lowest BCUT2D eigenvalue weighted by Gasteiger charge is -2.17. The maximum atomic E-state index is 5.43. The van der Waals surface area contributed by atoms with E-state index in [0.29, 0.717) is 12.1 Å². The minimum atomic E-state index is 0.294. The van der Waals surface area contributed by atoms with Crippen LogP contribution in [0, 0.1) is 0 Å². The van der Waals surface area contributed by atoms with Crippen LogP contribution in [0.2, 0.25) is 0 Å². The Morgan fingerprint density at radius 1 is 1.27 bits per heavy atom. The predicted molar refractivity (Wildman–Crippen MR) is 64.1 cm³/mol. The van der Waals surface area contributed by atoms with Crippen molar-refractivity contribution < 1.29 is 4.74 Å². The van der Waals surface area contributed by atoms with E-state index in [1.165, 1.54) is 11.1 Å². The van der Waals surface area contributed by atoms with E-state index < -0.39 is 0 Å². The number of ether oxygens (including phenoxy) is 1. The number of hydrogen-bond acceptors (Lipinski definition) is 2. The zero-order valence-corrected chi connectivity index (χ0v) is 10.1. The second-order valence-electron chi connectivity index (χ2n) is 3.44. The summed E-state index contributed by atoms with van der Waals surface area (Å²) in [6.45, 7) is 4.00. The summed E-state index contributed by atoms with van der Waals surface area (Å²) in [5.74, 6) is 0. The van der Waals surface area contributed by atoms with Gasteiger partial charge in [0, 0.05) is 13.5 Å². The van der Waals surface area contributed by atoms with Gasteiger partial charge < -0.3 is 10.1 Å². The van der Waals surface area contributed by atoms with E-state index in [4.69, 9.17) is 4.74 Å². The molecule has 1 aromatic carbocycles. The molecule has 0 bridgehead atoms. The van der Waals surface area contributed by atoms with E-state index >= 15 is 0 Å². The van der Waals surface area contributed by atoms with E-state index in [2.05, 4.69) is 29.6 Å². The van der Waals surface area contributed by atoms with E-state index in [-0.39, 0.29) is 0 Å². The fourth-order valence-electron chi connectivity index (χ4n) is 2.12. The lowest BCUT2D eigenvalue weighted by atomic mass is 10.1. The summed E-state index contributed by atoms with van der Waals surface area (Å²) in [6.07, 6.45) is 1.32. The molecule has 2 atom stereocenters. The van der Waals surface area contributed by atoms with Crippen LogP contribution in [-0.4, -0.2) is 20.3 Å². The molecule has 0 aromatic heterocycles. The molecule has 1 aliphatic rings. The van der Waals surface area contributed by atoms with Gasteiger partial charge in [-0.3, -0.25) is 0 Å². The highest BCUT2D eigenvalue weighted by atomic mass is 16.5. The third-order valence-electron chi connectivity index (χ3n) is 2.80. The molecule has 0 fully saturated rings. The van der Waals surface area contributed by atoms with Crippen molar-refractivity contribution in [3.8, 4) is 0 Å². The second kappa shape index (κ2) is 5.89. The van der Waals surface area contributed by atoms with Gasteiger partial charge in [-0.05, 0) is 18.2 Å². The summed E-state index contributed by atoms with van der Waals surface area (Å²) in [7, 11) is 3.76. The summed E-state index contributed by atoms with van der Waals surface area (Å²) in [5, 5.41) is 3.30. The van der Waals surface area contributed by atoms with E-state index in [1.807, 2.05) is 20.9 Å². The van der Waals surface area contributed by atoms with Gasteiger partial charge in [-0.2, -0.15) is 0 Å². The Morgan fingerprint density at radius 3 is 2.53 bits per heavy atom. The second-order valence-corrected chi connectivity index (χ2v) is 3.44. The molecule has 0 spiro atoms. The first-order chi connectivity index (χ1) is 7.36. The topological polar surface area (TPSA) is 21.3 Å². The number of fused-ring (bicyclic) bond motifs is 1. The van der Waals surface area contributed by atoms with Crippen molar-refractivity contribution in [1.82, 2.24) is 5.32 Å². The molecule has 84 valence electrons. The molecule has 1 N–H and O–H groups in total. The zero-order valence-electron chi connectivity index (χ0n) is 10.1. The number of nitrogens with one attached hydrogen (secondary N) is 1. The molecule has 0 radical (unpaired) electrons. The van der Waals surface area contributed by atoms with Crippen LogP contribution in [0.15, 0.2) is 24.3 Å². The van der Waals surface area contributed by atoms with Gasteiger partial charge in [-0.15, -0.1) is 0 Å². The normalized spacial score (nSPS) is 22.9. The summed E-state index contributed by atoms with van der Waals surface area (Å²) in [5.41, 5.74) is 2.80. The number of hydrogen-bond donors (Lipinski definition) is 1. The standard InChI is InChI=1S/C11H15NO.C2H6/c1-12-11-9-6-4-3-5-8(9)7-10(11)13-2;1-2/h3-6,10-12H,7H2,1-2H3;1-2H3. The smallest absolute Gasteiger partial charge is 0.0806 e. The van der Waals surface area contributed by atoms with Crippen LogP contribution in [0.5, 0.6) is 0 Å². The van der Waals surface area contributed by atoms with Crippen molar-refractivity contribution >= 4 is 0 Å². The minimum absolute atomic E-state index is 0.294. The fraction of sp³-hybridized carbons (Fsp3) is 0.538. The zero-order chi connectivity index (χ0) is 11.3. The number of likely N-dealkylation sites (N-methyl/N-ethyl adjacent to an activating group) is 1. The Morgan fingerprint density at radius 2 is 1.93 bits per heavy atom. The van der Waals surface area contributed by atoms with E-state index in [1.54, 1.807) is 7.11 Å². The average Bonchev–Trinajstić information content (AvgIpc) is 2.69. The summed E-state index contributed by atoms with van der Waals surface area (Å²) < 4.78 is 5.43. The van der Waals surface area contributed by atoms with Gasteiger partial charge in [0.15, 0.2) is 0 Å². The number of benzene rings is 1. The van der Waals surface area contributed by atoms with Crippen LogP contribution in [0.4, 0.5) is 0 Å². The first kappa shape index (κ1) is 12.2. The Balaban J connectivity index is 0.000000531. The maximum Gasteiger partial charge on any atom is 0.0806 e. The molecule has 2 rings (SSSR count). The van der Waals surface area contributed by atoms with Crippen molar-refractivity contribution in [3.63, 3.8) is 0 Å². The predicted octanol–water partition coefficient (Wildman–Crippen LogP) is 2.54. The third kappa shape index (κ3) is 2.39. The molecule has 1 aliphatic carbocycles. The van der Waals surface area contributed by atoms with Crippen LogP contribution >= 0.6 is 0 Å². The maximum absolute atomic E-state index is 5.43. The van der Waals surface area contributed by atoms with Crippen LogP contribution < -0.4 is 5.32 Å². The van der Waals surface area contributed by atoms with Crippen molar-refractivity contribution in [2.45, 2.75) is 32.4 Å². The van der Waals surface area contributed by atoms with Crippen molar-refractivity contribution in [2.75, 3.05) is 14.2 Å². The molecule has 0 aliphatic heterocycles. The highest BCUT2D eigenvalue weighted by Gasteiger charge is 2.30. The molecule has 0 saturated heterocycles. The molecule has 0 heterocycles. The Hall–Kier alpha value is -0.860. The van der Waals surface area contributed by atoms with E-state index in [0.717, 1.165) is 6.42 Å². The molecule has 2 nitrogen and oxygen atoms in total. The van der Waals surface area contributed by atoms with Crippen molar-refractivity contribution in [2.24, 2.45) is 0 Å². The SMILES string of the molecule is CC.CNC1c2ccccc2CC1OC. The van der Waals surface area contributed by atoms with Crippen molar-refractivity contribution in [3.05, 3.63) is 35.4 Å². The Bertz CT molecular complexity index is 298. The molecule has 2 unspecified atom stereocenters. The highest BCUT2D eigenvalue weighted by molar-refractivity contribution is 5.36. The van der Waals surface area contributed by atoms with Crippen LogP contribution in [-0.2, 0) is 11.2 Å². The van der Waals surface area contributed by atoms with Crippen molar-refractivity contribution in [1.29, 1.82) is 0 Å². The fourth-order valence-corrected chi connectivity index (χ4v) is 2.12. The van der Waals surface area contributed by atoms with Gasteiger partial charge in [-0.25, -0.2) is 0 Å². The third-order valence-corrected chi connectivity index (χ3v) is 2.80. The lowest BCUT2D eigenvalue weighted by molar-refractivity contribution is 0.0815. The average molecular weight is 207 g/mol. The molecule has 2 heteroatoms. The minimum Gasteiger partial charge on any atom is -0.379 e. The lowest BCUT2D eigenvalue weighted by Crippen LogP contribution is -2.27. The molecule has 15 heavy (non-hydrogen) atoms. The number of rotatable bonds is 2. The van der Waals surface area contributed by atoms with Crippen LogP contribution in [0.25, 0.3) is 0 Å². The summed E-state index contributed by atoms with van der Waals surface area (Å²) in [6, 6.07) is 8.89. The van der Waals surface area contributed by atoms with Crippen LogP contribution in [0.3, 0.4) is 0 Å².